The van der Waals surface area contributed by atoms with Crippen LogP contribution in [0.4, 0.5) is 0 Å². The minimum atomic E-state index is -3.46. The summed E-state index contributed by atoms with van der Waals surface area (Å²) in [6.45, 7) is 0.959. The van der Waals surface area contributed by atoms with Crippen LogP contribution in [0, 0.1) is 0 Å². The van der Waals surface area contributed by atoms with Gasteiger partial charge in [0, 0.05) is 4.47 Å². The van der Waals surface area contributed by atoms with Crippen LogP contribution in [0.1, 0.15) is 0 Å². The third kappa shape index (κ3) is 2.51. The highest BCUT2D eigenvalue weighted by atomic mass is 79.9. The van der Waals surface area contributed by atoms with Crippen LogP contribution in [0.15, 0.2) is 38.6 Å². The zero-order valence-electron chi connectivity index (χ0n) is 9.13. The third-order valence-electron chi connectivity index (χ3n) is 2.35. The van der Waals surface area contributed by atoms with E-state index in [0.29, 0.717) is 23.2 Å². The van der Waals surface area contributed by atoms with Crippen molar-refractivity contribution in [3.63, 3.8) is 0 Å². The van der Waals surface area contributed by atoms with Gasteiger partial charge in [-0.15, -0.1) is 0 Å². The van der Waals surface area contributed by atoms with Gasteiger partial charge < -0.3 is 0 Å². The van der Waals surface area contributed by atoms with Crippen LogP contribution in [0.25, 0.3) is 0 Å². The average molecular weight is 335 g/mol. The van der Waals surface area contributed by atoms with Gasteiger partial charge in [-0.3, -0.25) is 4.99 Å². The van der Waals surface area contributed by atoms with Crippen molar-refractivity contribution >= 4 is 42.9 Å². The number of benzene rings is 1. The van der Waals surface area contributed by atoms with Crippen molar-refractivity contribution in [1.29, 1.82) is 0 Å². The summed E-state index contributed by atoms with van der Waals surface area (Å²) in [6.07, 6.45) is 1.83. The fourth-order valence-corrected chi connectivity index (χ4v) is 4.15. The summed E-state index contributed by atoms with van der Waals surface area (Å²) < 4.78 is 26.9. The second kappa shape index (κ2) is 4.99. The molecule has 1 aromatic rings. The van der Waals surface area contributed by atoms with Crippen molar-refractivity contribution in [3.8, 4) is 0 Å². The summed E-state index contributed by atoms with van der Waals surface area (Å²) in [7, 11) is -3.46. The normalized spacial score (nSPS) is 16.1. The molecule has 0 atom stereocenters. The number of hydrogen-bond donors (Lipinski definition) is 0. The Morgan fingerprint density at radius 1 is 1.35 bits per heavy atom. The van der Waals surface area contributed by atoms with Crippen LogP contribution in [0.3, 0.4) is 0 Å². The Hall–Kier alpha value is -0.530. The number of amidine groups is 1. The Labute approximate surface area is 113 Å². The van der Waals surface area contributed by atoms with E-state index >= 15 is 0 Å². The first-order valence-corrected chi connectivity index (χ1v) is 8.38. The molecule has 1 aliphatic heterocycles. The first-order valence-electron chi connectivity index (χ1n) is 4.92. The second-order valence-electron chi connectivity index (χ2n) is 3.40. The van der Waals surface area contributed by atoms with E-state index in [1.807, 2.05) is 6.26 Å². The molecular formula is C10H11BrN2O2S2. The number of rotatable bonds is 2. The van der Waals surface area contributed by atoms with Gasteiger partial charge in [0.2, 0.25) is 0 Å². The van der Waals surface area contributed by atoms with Gasteiger partial charge in [-0.05, 0) is 30.5 Å². The number of aliphatic imine (C=N–C) groups is 1. The summed E-state index contributed by atoms with van der Waals surface area (Å²) in [5, 5.41) is 0.563. The summed E-state index contributed by atoms with van der Waals surface area (Å²) >= 11 is 4.64. The highest BCUT2D eigenvalue weighted by Crippen LogP contribution is 2.23. The maximum Gasteiger partial charge on any atom is 0.265 e. The van der Waals surface area contributed by atoms with E-state index in [1.165, 1.54) is 16.1 Å². The molecule has 0 fully saturated rings. The SMILES string of the molecule is CSC1=NCCN1S(=O)(=O)c1ccc(Br)cc1. The second-order valence-corrected chi connectivity index (χ2v) is 6.95. The Balaban J connectivity index is 2.37. The molecular weight excluding hydrogens is 324 g/mol. The minimum Gasteiger partial charge on any atom is -0.260 e. The molecule has 0 N–H and O–H groups in total. The van der Waals surface area contributed by atoms with Crippen LogP contribution < -0.4 is 0 Å². The molecule has 0 aromatic heterocycles. The maximum atomic E-state index is 12.3. The van der Waals surface area contributed by atoms with Crippen molar-refractivity contribution in [1.82, 2.24) is 4.31 Å². The smallest absolute Gasteiger partial charge is 0.260 e. The number of sulfonamides is 1. The molecule has 4 nitrogen and oxygen atoms in total. The fraction of sp³-hybridized carbons (Fsp3) is 0.300. The molecule has 0 radical (unpaired) electrons. The molecule has 1 aliphatic rings. The standard InChI is InChI=1S/C10H11BrN2O2S2/c1-16-10-12-6-7-13(10)17(14,15)9-4-2-8(11)3-5-9/h2-5H,6-7H2,1H3. The van der Waals surface area contributed by atoms with E-state index in [-0.39, 0.29) is 0 Å². The van der Waals surface area contributed by atoms with Crippen molar-refractivity contribution in [2.24, 2.45) is 4.99 Å². The van der Waals surface area contributed by atoms with E-state index in [2.05, 4.69) is 20.9 Å². The van der Waals surface area contributed by atoms with Crippen LogP contribution in [0.5, 0.6) is 0 Å². The number of hydrogen-bond acceptors (Lipinski definition) is 4. The van der Waals surface area contributed by atoms with Crippen molar-refractivity contribution in [3.05, 3.63) is 28.7 Å². The van der Waals surface area contributed by atoms with Crippen LogP contribution in [-0.4, -0.2) is 37.2 Å². The summed E-state index contributed by atoms with van der Waals surface area (Å²) in [4.78, 5) is 4.46. The van der Waals surface area contributed by atoms with Gasteiger partial charge in [0.1, 0.15) is 0 Å². The molecule has 1 heterocycles. The topological polar surface area (TPSA) is 49.7 Å². The molecule has 0 unspecified atom stereocenters. The molecule has 17 heavy (non-hydrogen) atoms. The zero-order chi connectivity index (χ0) is 12.5. The molecule has 7 heteroatoms. The van der Waals surface area contributed by atoms with Crippen LogP contribution in [0.2, 0.25) is 0 Å². The lowest BCUT2D eigenvalue weighted by Gasteiger charge is -2.18. The number of halogens is 1. The molecule has 0 saturated carbocycles. The molecule has 92 valence electrons. The molecule has 0 aliphatic carbocycles. The molecule has 0 bridgehead atoms. The van der Waals surface area contributed by atoms with Crippen molar-refractivity contribution in [2.45, 2.75) is 4.90 Å². The van der Waals surface area contributed by atoms with Gasteiger partial charge in [-0.2, -0.15) is 0 Å². The summed E-state index contributed by atoms with van der Waals surface area (Å²) in [6, 6.07) is 6.63. The van der Waals surface area contributed by atoms with Crippen molar-refractivity contribution < 1.29 is 8.42 Å². The molecule has 0 amide bonds. The number of nitrogens with zero attached hydrogens (tertiary/aromatic N) is 2. The fourth-order valence-electron chi connectivity index (χ4n) is 1.53. The quantitative estimate of drug-likeness (QED) is 0.832. The predicted octanol–water partition coefficient (Wildman–Crippen LogP) is 2.17. The van der Waals surface area contributed by atoms with Gasteiger partial charge in [0.15, 0.2) is 5.17 Å². The minimum absolute atomic E-state index is 0.296. The molecule has 1 aromatic carbocycles. The summed E-state index contributed by atoms with van der Waals surface area (Å²) in [5.74, 6) is 0. The Bertz CT molecular complexity index is 540. The largest absolute Gasteiger partial charge is 0.265 e. The number of thioether (sulfide) groups is 1. The molecule has 2 rings (SSSR count). The maximum absolute atomic E-state index is 12.3. The van der Waals surface area contributed by atoms with E-state index in [4.69, 9.17) is 0 Å². The van der Waals surface area contributed by atoms with E-state index in [1.54, 1.807) is 24.3 Å². The van der Waals surface area contributed by atoms with E-state index < -0.39 is 10.0 Å². The van der Waals surface area contributed by atoms with E-state index in [9.17, 15) is 8.42 Å². The van der Waals surface area contributed by atoms with Crippen LogP contribution in [-0.2, 0) is 10.0 Å². The Morgan fingerprint density at radius 2 is 2.00 bits per heavy atom. The first kappa shape index (κ1) is 12.9. The average Bonchev–Trinajstić information content (AvgIpc) is 2.78. The first-order chi connectivity index (χ1) is 8.05. The zero-order valence-corrected chi connectivity index (χ0v) is 12.3. The van der Waals surface area contributed by atoms with Gasteiger partial charge in [-0.25, -0.2) is 12.7 Å². The highest BCUT2D eigenvalue weighted by molar-refractivity contribution is 9.10. The highest BCUT2D eigenvalue weighted by Gasteiger charge is 2.29. The third-order valence-corrected chi connectivity index (χ3v) is 5.51. The van der Waals surface area contributed by atoms with Gasteiger partial charge in [-0.1, -0.05) is 27.7 Å². The molecule has 0 spiro atoms. The Kier molecular flexibility index (Phi) is 3.79. The lowest BCUT2D eigenvalue weighted by molar-refractivity contribution is 0.540. The predicted molar refractivity (Wildman–Crippen MR) is 73.9 cm³/mol. The van der Waals surface area contributed by atoms with Gasteiger partial charge in [0.05, 0.1) is 18.0 Å². The van der Waals surface area contributed by atoms with Gasteiger partial charge >= 0.3 is 0 Å². The van der Waals surface area contributed by atoms with E-state index in [0.717, 1.165) is 4.47 Å². The van der Waals surface area contributed by atoms with Crippen LogP contribution >= 0.6 is 27.7 Å². The monoisotopic (exact) mass is 334 g/mol. The van der Waals surface area contributed by atoms with Gasteiger partial charge in [0.25, 0.3) is 10.0 Å². The molecule has 0 saturated heterocycles. The van der Waals surface area contributed by atoms with Crippen molar-refractivity contribution in [2.75, 3.05) is 19.3 Å². The Morgan fingerprint density at radius 3 is 2.59 bits per heavy atom. The summed E-state index contributed by atoms with van der Waals surface area (Å²) in [5.41, 5.74) is 0. The lowest BCUT2D eigenvalue weighted by atomic mass is 10.4. The lowest BCUT2D eigenvalue weighted by Crippen LogP contribution is -2.32.